The molecule has 0 saturated heterocycles. The van der Waals surface area contributed by atoms with Crippen molar-refractivity contribution in [3.63, 3.8) is 0 Å². The molecule has 0 N–H and O–H groups in total. The largest absolute Gasteiger partial charge is 0.378 e. The first-order valence-electron chi connectivity index (χ1n) is 10.9. The van der Waals surface area contributed by atoms with E-state index < -0.39 is 0 Å². The molecule has 2 aromatic carbocycles. The van der Waals surface area contributed by atoms with Gasteiger partial charge in [-0.2, -0.15) is 0 Å². The second-order valence-electron chi connectivity index (χ2n) is 8.81. The van der Waals surface area contributed by atoms with Crippen LogP contribution in [0.25, 0.3) is 24.3 Å². The molecule has 0 amide bonds. The van der Waals surface area contributed by atoms with Crippen LogP contribution in [0.2, 0.25) is 0 Å². The number of rotatable bonds is 6. The second-order valence-corrected chi connectivity index (χ2v) is 8.81. The highest BCUT2D eigenvalue weighted by molar-refractivity contribution is 5.76. The van der Waals surface area contributed by atoms with Crippen molar-refractivity contribution in [3.05, 3.63) is 81.4 Å². The van der Waals surface area contributed by atoms with Crippen molar-refractivity contribution < 1.29 is 0 Å². The number of benzene rings is 2. The first kappa shape index (κ1) is 23.3. The molecule has 0 aliphatic heterocycles. The van der Waals surface area contributed by atoms with Crippen LogP contribution in [0.15, 0.2) is 36.7 Å². The monoisotopic (exact) mass is 426 g/mol. The Balaban J connectivity index is 1.84. The van der Waals surface area contributed by atoms with Crippen LogP contribution in [0.3, 0.4) is 0 Å². The number of hydrogen-bond donors (Lipinski definition) is 0. The van der Waals surface area contributed by atoms with E-state index in [4.69, 9.17) is 0 Å². The molecule has 0 radical (unpaired) electrons. The minimum absolute atomic E-state index is 0.895. The van der Waals surface area contributed by atoms with Crippen LogP contribution < -0.4 is 9.80 Å². The maximum Gasteiger partial charge on any atom is 0.116 e. The highest BCUT2D eigenvalue weighted by Crippen LogP contribution is 2.25. The van der Waals surface area contributed by atoms with Gasteiger partial charge in [0.15, 0.2) is 0 Å². The molecule has 0 atom stereocenters. The minimum atomic E-state index is 0.895. The first-order valence-corrected chi connectivity index (χ1v) is 10.9. The average molecular weight is 427 g/mol. The summed E-state index contributed by atoms with van der Waals surface area (Å²) in [5.74, 6) is 0. The van der Waals surface area contributed by atoms with Crippen molar-refractivity contribution in [1.82, 2.24) is 9.97 Å². The first-order chi connectivity index (χ1) is 15.2. The van der Waals surface area contributed by atoms with Crippen LogP contribution in [-0.2, 0) is 0 Å². The third kappa shape index (κ3) is 5.44. The normalized spacial score (nSPS) is 11.5. The fourth-order valence-corrected chi connectivity index (χ4v) is 3.85. The Labute approximate surface area is 193 Å². The van der Waals surface area contributed by atoms with E-state index in [0.29, 0.717) is 0 Å². The predicted molar refractivity (Wildman–Crippen MR) is 140 cm³/mol. The summed E-state index contributed by atoms with van der Waals surface area (Å²) in [6.07, 6.45) is 10.0. The average Bonchev–Trinajstić information content (AvgIpc) is 2.72. The van der Waals surface area contributed by atoms with Crippen molar-refractivity contribution in [1.29, 1.82) is 0 Å². The van der Waals surface area contributed by atoms with Gasteiger partial charge in [-0.1, -0.05) is 12.2 Å². The maximum atomic E-state index is 4.44. The Bertz CT molecular complexity index is 1040. The van der Waals surface area contributed by atoms with Gasteiger partial charge in [0.05, 0.1) is 11.4 Å². The van der Waals surface area contributed by atoms with Gasteiger partial charge in [0.2, 0.25) is 0 Å². The third-order valence-electron chi connectivity index (χ3n) is 5.74. The van der Waals surface area contributed by atoms with E-state index in [1.807, 2.05) is 6.07 Å². The van der Waals surface area contributed by atoms with Crippen LogP contribution in [0.5, 0.6) is 0 Å². The Hall–Kier alpha value is -3.40. The molecule has 3 rings (SSSR count). The number of nitrogens with zero attached hydrogens (tertiary/aromatic N) is 4. The Morgan fingerprint density at radius 3 is 1.19 bits per heavy atom. The Morgan fingerprint density at radius 1 is 0.531 bits per heavy atom. The van der Waals surface area contributed by atoms with E-state index in [1.165, 1.54) is 44.8 Å². The van der Waals surface area contributed by atoms with Gasteiger partial charge in [-0.3, -0.25) is 0 Å². The highest BCUT2D eigenvalue weighted by Gasteiger charge is 2.06. The van der Waals surface area contributed by atoms with Gasteiger partial charge in [-0.05, 0) is 104 Å². The van der Waals surface area contributed by atoms with E-state index in [0.717, 1.165) is 11.4 Å². The topological polar surface area (TPSA) is 32.3 Å². The van der Waals surface area contributed by atoms with Gasteiger partial charge in [0.25, 0.3) is 0 Å². The molecule has 0 aliphatic carbocycles. The second kappa shape index (κ2) is 9.82. The molecule has 3 aromatic rings. The molecule has 0 fully saturated rings. The van der Waals surface area contributed by atoms with Gasteiger partial charge < -0.3 is 9.80 Å². The molecule has 4 nitrogen and oxygen atoms in total. The zero-order valence-electron chi connectivity index (χ0n) is 20.6. The molecule has 166 valence electrons. The van der Waals surface area contributed by atoms with Crippen LogP contribution in [-0.4, -0.2) is 38.2 Å². The van der Waals surface area contributed by atoms with E-state index in [-0.39, 0.29) is 0 Å². The molecule has 1 aromatic heterocycles. The van der Waals surface area contributed by atoms with Crippen LogP contribution in [0, 0.1) is 27.7 Å². The summed E-state index contributed by atoms with van der Waals surface area (Å²) in [7, 11) is 8.27. The lowest BCUT2D eigenvalue weighted by Gasteiger charge is -2.16. The summed E-state index contributed by atoms with van der Waals surface area (Å²) < 4.78 is 0. The van der Waals surface area contributed by atoms with Crippen molar-refractivity contribution in [2.45, 2.75) is 27.7 Å². The summed E-state index contributed by atoms with van der Waals surface area (Å²) in [6, 6.07) is 10.9. The zero-order valence-corrected chi connectivity index (χ0v) is 20.6. The lowest BCUT2D eigenvalue weighted by atomic mass is 10.0. The molecule has 0 spiro atoms. The third-order valence-corrected chi connectivity index (χ3v) is 5.74. The standard InChI is InChI=1S/C28H34N4/c1-19-13-25(31(5)6)14-20(2)27(19)11-9-23-17-24(30-18-29-23)10-12-28-21(3)15-26(32(7)8)16-22(28)4/h9-18H,1-8H3. The van der Waals surface area contributed by atoms with Crippen molar-refractivity contribution in [2.24, 2.45) is 0 Å². The molecule has 0 bridgehead atoms. The van der Waals surface area contributed by atoms with Gasteiger partial charge in [0, 0.05) is 39.6 Å². The smallest absolute Gasteiger partial charge is 0.116 e. The minimum Gasteiger partial charge on any atom is -0.378 e. The molecule has 0 unspecified atom stereocenters. The maximum absolute atomic E-state index is 4.44. The van der Waals surface area contributed by atoms with E-state index in [9.17, 15) is 0 Å². The summed E-state index contributed by atoms with van der Waals surface area (Å²) in [5, 5.41) is 0. The Morgan fingerprint density at radius 2 is 0.875 bits per heavy atom. The van der Waals surface area contributed by atoms with Crippen molar-refractivity contribution >= 4 is 35.7 Å². The van der Waals surface area contributed by atoms with Gasteiger partial charge in [-0.25, -0.2) is 9.97 Å². The summed E-state index contributed by atoms with van der Waals surface area (Å²) in [6.45, 7) is 8.61. The molecular weight excluding hydrogens is 392 g/mol. The van der Waals surface area contributed by atoms with E-state index in [1.54, 1.807) is 6.33 Å². The van der Waals surface area contributed by atoms with Crippen LogP contribution in [0.1, 0.15) is 44.8 Å². The van der Waals surface area contributed by atoms with Gasteiger partial charge in [0.1, 0.15) is 6.33 Å². The number of anilines is 2. The zero-order chi connectivity index (χ0) is 23.4. The lowest BCUT2D eigenvalue weighted by molar-refractivity contribution is 1.12. The molecule has 32 heavy (non-hydrogen) atoms. The van der Waals surface area contributed by atoms with E-state index >= 15 is 0 Å². The summed E-state index contributed by atoms with van der Waals surface area (Å²) >= 11 is 0. The number of aromatic nitrogens is 2. The Kier molecular flexibility index (Phi) is 7.14. The fraction of sp³-hybridized carbons (Fsp3) is 0.286. The molecule has 4 heteroatoms. The van der Waals surface area contributed by atoms with Gasteiger partial charge in [-0.15, -0.1) is 0 Å². The van der Waals surface area contributed by atoms with Crippen LogP contribution in [0.4, 0.5) is 11.4 Å². The van der Waals surface area contributed by atoms with Gasteiger partial charge >= 0.3 is 0 Å². The molecule has 0 saturated carbocycles. The number of hydrogen-bond acceptors (Lipinski definition) is 4. The van der Waals surface area contributed by atoms with Crippen molar-refractivity contribution in [2.75, 3.05) is 38.0 Å². The fourth-order valence-electron chi connectivity index (χ4n) is 3.85. The predicted octanol–water partition coefficient (Wildman–Crippen LogP) is 6.18. The van der Waals surface area contributed by atoms with Crippen molar-refractivity contribution in [3.8, 4) is 0 Å². The SMILES string of the molecule is Cc1cc(N(C)C)cc(C)c1C=Cc1cc(C=Cc2c(C)cc(N(C)C)cc2C)ncn1. The summed E-state index contributed by atoms with van der Waals surface area (Å²) in [4.78, 5) is 13.1. The molecular formula is C28H34N4. The molecule has 0 aliphatic rings. The van der Waals surface area contributed by atoms with Crippen LogP contribution >= 0.6 is 0 Å². The lowest BCUT2D eigenvalue weighted by Crippen LogP contribution is -2.09. The summed E-state index contributed by atoms with van der Waals surface area (Å²) in [5.41, 5.74) is 11.7. The quantitative estimate of drug-likeness (QED) is 0.471. The number of aryl methyl sites for hydroxylation is 4. The van der Waals surface area contributed by atoms with E-state index in [2.05, 4.69) is 124 Å². The highest BCUT2D eigenvalue weighted by atomic mass is 15.1. The molecule has 1 heterocycles.